The van der Waals surface area contributed by atoms with Gasteiger partial charge in [0.1, 0.15) is 6.04 Å². The van der Waals surface area contributed by atoms with Crippen molar-refractivity contribution in [2.24, 2.45) is 5.92 Å². The fourth-order valence-electron chi connectivity index (χ4n) is 1.47. The summed E-state index contributed by atoms with van der Waals surface area (Å²) in [4.78, 5) is 22.0. The predicted molar refractivity (Wildman–Crippen MR) is 50.8 cm³/mol. The van der Waals surface area contributed by atoms with Crippen LogP contribution < -0.4 is 10.6 Å². The summed E-state index contributed by atoms with van der Waals surface area (Å²) < 4.78 is 0. The molecule has 0 bridgehead atoms. The number of carbonyl (C=O) groups is 2. The van der Waals surface area contributed by atoms with Gasteiger partial charge in [-0.3, -0.25) is 9.59 Å². The first-order valence-electron chi connectivity index (χ1n) is 4.85. The Bertz CT molecular complexity index is 224. The molecule has 1 unspecified atom stereocenters. The fraction of sp³-hybridized carbons (Fsp3) is 0.778. The quantitative estimate of drug-likeness (QED) is 0.578. The smallest absolute Gasteiger partial charge is 0.325 e. The second kappa shape index (κ2) is 4.95. The standard InChI is InChI=1S/C9H16N2O3/c1-6(9(13)14)11-8(12)7-3-2-4-10-5-7/h6-7,10H,2-5H2,1H3,(H,11,12)(H,13,14)/t6?,7-/m0/s1. The van der Waals surface area contributed by atoms with Gasteiger partial charge in [-0.2, -0.15) is 0 Å². The van der Waals surface area contributed by atoms with Gasteiger partial charge in [-0.05, 0) is 26.3 Å². The van der Waals surface area contributed by atoms with Crippen molar-refractivity contribution in [1.82, 2.24) is 10.6 Å². The van der Waals surface area contributed by atoms with Gasteiger partial charge < -0.3 is 15.7 Å². The first-order chi connectivity index (χ1) is 6.61. The molecule has 1 aliphatic heterocycles. The number of carboxylic acid groups (broad SMARTS) is 1. The average Bonchev–Trinajstić information content (AvgIpc) is 2.19. The first-order valence-corrected chi connectivity index (χ1v) is 4.85. The van der Waals surface area contributed by atoms with Gasteiger partial charge in [0.25, 0.3) is 0 Å². The van der Waals surface area contributed by atoms with E-state index in [9.17, 15) is 9.59 Å². The molecule has 3 N–H and O–H groups in total. The maximum atomic E-state index is 11.5. The lowest BCUT2D eigenvalue weighted by molar-refractivity contribution is -0.142. The van der Waals surface area contributed by atoms with E-state index in [0.29, 0.717) is 6.54 Å². The topological polar surface area (TPSA) is 78.4 Å². The number of piperidine rings is 1. The lowest BCUT2D eigenvalue weighted by Gasteiger charge is -2.22. The zero-order valence-corrected chi connectivity index (χ0v) is 8.25. The van der Waals surface area contributed by atoms with Crippen molar-refractivity contribution in [1.29, 1.82) is 0 Å². The molecule has 5 heteroatoms. The lowest BCUT2D eigenvalue weighted by Crippen LogP contribution is -2.46. The number of carboxylic acids is 1. The number of hydrogen-bond acceptors (Lipinski definition) is 3. The van der Waals surface area contributed by atoms with Crippen LogP contribution in [0.25, 0.3) is 0 Å². The van der Waals surface area contributed by atoms with Crippen LogP contribution in [0, 0.1) is 5.92 Å². The van der Waals surface area contributed by atoms with E-state index in [1.165, 1.54) is 6.92 Å². The van der Waals surface area contributed by atoms with Crippen molar-refractivity contribution < 1.29 is 14.7 Å². The lowest BCUT2D eigenvalue weighted by atomic mass is 9.98. The Morgan fingerprint density at radius 2 is 2.29 bits per heavy atom. The highest BCUT2D eigenvalue weighted by molar-refractivity contribution is 5.84. The van der Waals surface area contributed by atoms with Crippen LogP contribution in [-0.4, -0.2) is 36.1 Å². The average molecular weight is 200 g/mol. The number of hydrogen-bond donors (Lipinski definition) is 3. The summed E-state index contributed by atoms with van der Waals surface area (Å²) in [6, 6.07) is -0.801. The molecule has 2 atom stereocenters. The van der Waals surface area contributed by atoms with Crippen molar-refractivity contribution in [3.05, 3.63) is 0 Å². The van der Waals surface area contributed by atoms with E-state index in [1.807, 2.05) is 0 Å². The molecular weight excluding hydrogens is 184 g/mol. The SMILES string of the molecule is CC(NC(=O)[C@H]1CCCNC1)C(=O)O. The molecule has 80 valence electrons. The van der Waals surface area contributed by atoms with E-state index in [0.717, 1.165) is 19.4 Å². The van der Waals surface area contributed by atoms with E-state index in [4.69, 9.17) is 5.11 Å². The van der Waals surface area contributed by atoms with Gasteiger partial charge in [0.05, 0.1) is 5.92 Å². The molecule has 0 aromatic carbocycles. The molecule has 1 rings (SSSR count). The monoisotopic (exact) mass is 200 g/mol. The highest BCUT2D eigenvalue weighted by Crippen LogP contribution is 2.09. The largest absolute Gasteiger partial charge is 0.480 e. The van der Waals surface area contributed by atoms with Gasteiger partial charge in [0.15, 0.2) is 0 Å². The third-order valence-electron chi connectivity index (χ3n) is 2.40. The fourth-order valence-corrected chi connectivity index (χ4v) is 1.47. The molecule has 0 aliphatic carbocycles. The van der Waals surface area contributed by atoms with E-state index in [1.54, 1.807) is 0 Å². The van der Waals surface area contributed by atoms with Crippen LogP contribution in [-0.2, 0) is 9.59 Å². The molecule has 14 heavy (non-hydrogen) atoms. The number of amides is 1. The van der Waals surface area contributed by atoms with Crippen LogP contribution in [0.15, 0.2) is 0 Å². The molecule has 5 nitrogen and oxygen atoms in total. The number of aliphatic carboxylic acids is 1. The van der Waals surface area contributed by atoms with Crippen molar-refractivity contribution in [2.75, 3.05) is 13.1 Å². The molecule has 0 spiro atoms. The zero-order valence-electron chi connectivity index (χ0n) is 8.25. The van der Waals surface area contributed by atoms with E-state index in [-0.39, 0.29) is 11.8 Å². The maximum Gasteiger partial charge on any atom is 0.325 e. The number of rotatable bonds is 3. The Morgan fingerprint density at radius 3 is 2.79 bits per heavy atom. The second-order valence-corrected chi connectivity index (χ2v) is 3.61. The number of nitrogens with one attached hydrogen (secondary N) is 2. The van der Waals surface area contributed by atoms with Gasteiger partial charge in [-0.15, -0.1) is 0 Å². The Labute approximate surface area is 82.9 Å². The Balaban J connectivity index is 2.36. The van der Waals surface area contributed by atoms with E-state index >= 15 is 0 Å². The molecule has 1 fully saturated rings. The summed E-state index contributed by atoms with van der Waals surface area (Å²) in [7, 11) is 0. The summed E-state index contributed by atoms with van der Waals surface area (Å²) in [6.07, 6.45) is 1.81. The summed E-state index contributed by atoms with van der Waals surface area (Å²) in [6.45, 7) is 3.06. The Hall–Kier alpha value is -1.10. The first kappa shape index (κ1) is 11.0. The maximum absolute atomic E-state index is 11.5. The van der Waals surface area contributed by atoms with Gasteiger partial charge in [-0.1, -0.05) is 0 Å². The predicted octanol–water partition coefficient (Wildman–Crippen LogP) is -0.425. The summed E-state index contributed by atoms with van der Waals surface area (Å²) in [5.41, 5.74) is 0. The van der Waals surface area contributed by atoms with Crippen LogP contribution in [0.2, 0.25) is 0 Å². The van der Waals surface area contributed by atoms with Crippen LogP contribution in [0.3, 0.4) is 0 Å². The highest BCUT2D eigenvalue weighted by atomic mass is 16.4. The molecule has 1 saturated heterocycles. The molecular formula is C9H16N2O3. The van der Waals surface area contributed by atoms with Crippen LogP contribution in [0.1, 0.15) is 19.8 Å². The minimum atomic E-state index is -0.998. The van der Waals surface area contributed by atoms with Crippen molar-refractivity contribution in [2.45, 2.75) is 25.8 Å². The van der Waals surface area contributed by atoms with Crippen LogP contribution in [0.5, 0.6) is 0 Å². The Kier molecular flexibility index (Phi) is 3.88. The normalized spacial score (nSPS) is 23.9. The molecule has 1 amide bonds. The molecule has 0 aromatic heterocycles. The highest BCUT2D eigenvalue weighted by Gasteiger charge is 2.23. The van der Waals surface area contributed by atoms with Gasteiger partial charge in [0.2, 0.25) is 5.91 Å². The molecule has 0 saturated carbocycles. The summed E-state index contributed by atoms with van der Waals surface area (Å²) in [5.74, 6) is -1.24. The second-order valence-electron chi connectivity index (χ2n) is 3.61. The summed E-state index contributed by atoms with van der Waals surface area (Å²) >= 11 is 0. The van der Waals surface area contributed by atoms with E-state index in [2.05, 4.69) is 10.6 Å². The molecule has 0 aromatic rings. The Morgan fingerprint density at radius 1 is 1.57 bits per heavy atom. The molecule has 1 heterocycles. The minimum absolute atomic E-state index is 0.0782. The van der Waals surface area contributed by atoms with Crippen LogP contribution >= 0.6 is 0 Å². The third kappa shape index (κ3) is 2.99. The minimum Gasteiger partial charge on any atom is -0.480 e. The van der Waals surface area contributed by atoms with Gasteiger partial charge in [-0.25, -0.2) is 0 Å². The van der Waals surface area contributed by atoms with Gasteiger partial charge >= 0.3 is 5.97 Å². The number of carbonyl (C=O) groups excluding carboxylic acids is 1. The van der Waals surface area contributed by atoms with Crippen molar-refractivity contribution in [3.63, 3.8) is 0 Å². The summed E-state index contributed by atoms with van der Waals surface area (Å²) in [5, 5.41) is 14.2. The van der Waals surface area contributed by atoms with Crippen molar-refractivity contribution >= 4 is 11.9 Å². The van der Waals surface area contributed by atoms with Crippen LogP contribution in [0.4, 0.5) is 0 Å². The van der Waals surface area contributed by atoms with Gasteiger partial charge in [0, 0.05) is 6.54 Å². The third-order valence-corrected chi connectivity index (χ3v) is 2.40. The van der Waals surface area contributed by atoms with E-state index < -0.39 is 12.0 Å². The van der Waals surface area contributed by atoms with Crippen molar-refractivity contribution in [3.8, 4) is 0 Å². The molecule has 1 aliphatic rings. The molecule has 0 radical (unpaired) electrons. The zero-order chi connectivity index (χ0) is 10.6.